The van der Waals surface area contributed by atoms with Crippen molar-refractivity contribution < 1.29 is 19.1 Å². The smallest absolute Gasteiger partial charge is 0.341 e. The normalized spacial score (nSPS) is 14.0. The number of amides is 1. The molecule has 0 bridgehead atoms. The first-order valence-corrected chi connectivity index (χ1v) is 12.0. The van der Waals surface area contributed by atoms with E-state index >= 15 is 0 Å². The molecule has 178 valence electrons. The second kappa shape index (κ2) is 10.7. The van der Waals surface area contributed by atoms with Gasteiger partial charge in [0.25, 0.3) is 0 Å². The number of hydrogen-bond acceptors (Lipinski definition) is 7. The van der Waals surface area contributed by atoms with E-state index in [1.807, 2.05) is 55.5 Å². The van der Waals surface area contributed by atoms with Crippen molar-refractivity contribution in [1.29, 1.82) is 0 Å². The van der Waals surface area contributed by atoms with Crippen molar-refractivity contribution >= 4 is 33.9 Å². The van der Waals surface area contributed by atoms with Gasteiger partial charge in [-0.3, -0.25) is 9.69 Å². The van der Waals surface area contributed by atoms with E-state index in [2.05, 4.69) is 21.2 Å². The quantitative estimate of drug-likeness (QED) is 0.510. The molecule has 34 heavy (non-hydrogen) atoms. The molecule has 1 N–H and O–H groups in total. The van der Waals surface area contributed by atoms with Crippen LogP contribution < -0.4 is 15.0 Å². The van der Waals surface area contributed by atoms with E-state index in [-0.39, 0.29) is 12.5 Å². The van der Waals surface area contributed by atoms with Crippen LogP contribution in [0.1, 0.15) is 15.2 Å². The molecule has 1 amide bonds. The predicted molar refractivity (Wildman–Crippen MR) is 136 cm³/mol. The maximum Gasteiger partial charge on any atom is 0.341 e. The van der Waals surface area contributed by atoms with Crippen LogP contribution in [0, 0.1) is 6.92 Å². The van der Waals surface area contributed by atoms with Gasteiger partial charge in [0.1, 0.15) is 16.3 Å². The summed E-state index contributed by atoms with van der Waals surface area (Å²) in [5, 5.41) is 3.50. The van der Waals surface area contributed by atoms with Gasteiger partial charge in [-0.05, 0) is 24.6 Å². The van der Waals surface area contributed by atoms with Gasteiger partial charge in [-0.25, -0.2) is 4.79 Å². The van der Waals surface area contributed by atoms with E-state index < -0.39 is 5.97 Å². The standard InChI is InChI=1S/C26H29N3O4S/c1-18-23(19-9-5-4-6-10-19)24(26(31)33-3)25(34-18)27-22(30)17-28-13-15-29(16-14-28)20-11-7-8-12-21(20)32-2/h4-12H,13-17H2,1-3H3,(H,27,30). The lowest BCUT2D eigenvalue weighted by Crippen LogP contribution is -2.48. The predicted octanol–water partition coefficient (Wildman–Crippen LogP) is 4.28. The number of piperazine rings is 1. The van der Waals surface area contributed by atoms with Crippen LogP contribution in [0.3, 0.4) is 0 Å². The second-order valence-corrected chi connectivity index (χ2v) is 9.30. The SMILES string of the molecule is COC(=O)c1c(NC(=O)CN2CCN(c3ccccc3OC)CC2)sc(C)c1-c1ccccc1. The summed E-state index contributed by atoms with van der Waals surface area (Å²) in [4.78, 5) is 30.9. The fourth-order valence-corrected chi connectivity index (χ4v) is 5.37. The molecular formula is C26H29N3O4S. The van der Waals surface area contributed by atoms with Gasteiger partial charge in [-0.2, -0.15) is 0 Å². The Hall–Kier alpha value is -3.36. The van der Waals surface area contributed by atoms with Crippen molar-refractivity contribution in [2.75, 3.05) is 57.2 Å². The Bertz CT molecular complexity index is 1150. The third kappa shape index (κ3) is 5.08. The Balaban J connectivity index is 1.43. The first-order chi connectivity index (χ1) is 16.5. The number of hydrogen-bond donors (Lipinski definition) is 1. The highest BCUT2D eigenvalue weighted by Gasteiger charge is 2.26. The van der Waals surface area contributed by atoms with Crippen molar-refractivity contribution in [1.82, 2.24) is 4.90 Å². The number of nitrogens with zero attached hydrogens (tertiary/aromatic N) is 2. The highest BCUT2D eigenvalue weighted by atomic mass is 32.1. The van der Waals surface area contributed by atoms with Crippen molar-refractivity contribution in [2.24, 2.45) is 0 Å². The Morgan fingerprint density at radius 2 is 1.65 bits per heavy atom. The summed E-state index contributed by atoms with van der Waals surface area (Å²) in [6.07, 6.45) is 0. The van der Waals surface area contributed by atoms with Crippen LogP contribution in [0.4, 0.5) is 10.7 Å². The van der Waals surface area contributed by atoms with Crippen LogP contribution in [0.2, 0.25) is 0 Å². The first-order valence-electron chi connectivity index (χ1n) is 11.2. The van der Waals surface area contributed by atoms with Gasteiger partial charge in [0.15, 0.2) is 0 Å². The molecule has 0 aliphatic carbocycles. The third-order valence-electron chi connectivity index (χ3n) is 5.95. The molecule has 1 saturated heterocycles. The number of rotatable bonds is 7. The molecule has 1 aromatic heterocycles. The van der Waals surface area contributed by atoms with E-state index in [0.717, 1.165) is 53.6 Å². The van der Waals surface area contributed by atoms with E-state index in [1.54, 1.807) is 7.11 Å². The average Bonchev–Trinajstić information content (AvgIpc) is 3.19. The van der Waals surface area contributed by atoms with Gasteiger partial charge >= 0.3 is 5.97 Å². The fourth-order valence-electron chi connectivity index (χ4n) is 4.29. The number of carbonyl (C=O) groups excluding carboxylic acids is 2. The second-order valence-electron chi connectivity index (χ2n) is 8.08. The lowest BCUT2D eigenvalue weighted by atomic mass is 10.0. The Morgan fingerprint density at radius 1 is 0.971 bits per heavy atom. The van der Waals surface area contributed by atoms with E-state index in [0.29, 0.717) is 10.6 Å². The van der Waals surface area contributed by atoms with Crippen LogP contribution in [0.15, 0.2) is 54.6 Å². The molecule has 1 fully saturated rings. The molecule has 2 heterocycles. The van der Waals surface area contributed by atoms with Gasteiger partial charge in [0.05, 0.1) is 26.5 Å². The molecule has 1 aliphatic heterocycles. The largest absolute Gasteiger partial charge is 0.495 e. The molecule has 0 atom stereocenters. The molecule has 1 aliphatic rings. The number of esters is 1. The number of thiophene rings is 1. The number of para-hydroxylation sites is 2. The van der Waals surface area contributed by atoms with Gasteiger partial charge in [-0.1, -0.05) is 42.5 Å². The monoisotopic (exact) mass is 479 g/mol. The molecule has 2 aromatic carbocycles. The minimum atomic E-state index is -0.455. The molecular weight excluding hydrogens is 450 g/mol. The maximum atomic E-state index is 12.9. The van der Waals surface area contributed by atoms with Crippen LogP contribution in [0.25, 0.3) is 11.1 Å². The number of carbonyl (C=O) groups is 2. The molecule has 8 heteroatoms. The molecule has 0 saturated carbocycles. The van der Waals surface area contributed by atoms with Crippen molar-refractivity contribution in [3.05, 3.63) is 65.0 Å². The fraction of sp³-hybridized carbons (Fsp3) is 0.308. The van der Waals surface area contributed by atoms with Crippen LogP contribution in [0.5, 0.6) is 5.75 Å². The van der Waals surface area contributed by atoms with Gasteiger partial charge in [0, 0.05) is 36.6 Å². The number of nitrogens with one attached hydrogen (secondary N) is 1. The first kappa shape index (κ1) is 23.8. The summed E-state index contributed by atoms with van der Waals surface area (Å²) in [6.45, 7) is 5.33. The van der Waals surface area contributed by atoms with Gasteiger partial charge in [0.2, 0.25) is 5.91 Å². The molecule has 7 nitrogen and oxygen atoms in total. The summed E-state index contributed by atoms with van der Waals surface area (Å²) in [7, 11) is 3.04. The number of ether oxygens (including phenoxy) is 2. The number of methoxy groups -OCH3 is 2. The zero-order chi connectivity index (χ0) is 24.1. The Kier molecular flexibility index (Phi) is 7.49. The number of anilines is 2. The van der Waals surface area contributed by atoms with Gasteiger partial charge in [-0.15, -0.1) is 11.3 Å². The third-order valence-corrected chi connectivity index (χ3v) is 6.98. The Morgan fingerprint density at radius 3 is 2.32 bits per heavy atom. The summed E-state index contributed by atoms with van der Waals surface area (Å²) in [5.74, 6) is 0.256. The van der Waals surface area contributed by atoms with E-state index in [1.165, 1.54) is 18.4 Å². The van der Waals surface area contributed by atoms with Crippen molar-refractivity contribution in [2.45, 2.75) is 6.92 Å². The van der Waals surface area contributed by atoms with Crippen molar-refractivity contribution in [3.8, 4) is 16.9 Å². The lowest BCUT2D eigenvalue weighted by Gasteiger charge is -2.36. The molecule has 0 unspecified atom stereocenters. The summed E-state index contributed by atoms with van der Waals surface area (Å²) in [6, 6.07) is 17.7. The molecule has 4 rings (SSSR count). The molecule has 0 radical (unpaired) electrons. The maximum absolute atomic E-state index is 12.9. The lowest BCUT2D eigenvalue weighted by molar-refractivity contribution is -0.117. The van der Waals surface area contributed by atoms with Gasteiger partial charge < -0.3 is 19.7 Å². The zero-order valence-corrected chi connectivity index (χ0v) is 20.5. The van der Waals surface area contributed by atoms with Crippen LogP contribution in [-0.2, 0) is 9.53 Å². The van der Waals surface area contributed by atoms with E-state index in [9.17, 15) is 9.59 Å². The van der Waals surface area contributed by atoms with Crippen molar-refractivity contribution in [3.63, 3.8) is 0 Å². The van der Waals surface area contributed by atoms with E-state index in [4.69, 9.17) is 9.47 Å². The molecule has 0 spiro atoms. The molecule has 3 aromatic rings. The summed E-state index contributed by atoms with van der Waals surface area (Å²) in [5.41, 5.74) is 3.20. The highest BCUT2D eigenvalue weighted by molar-refractivity contribution is 7.17. The average molecular weight is 480 g/mol. The Labute approximate surface area is 203 Å². The van der Waals surface area contributed by atoms with Crippen LogP contribution in [-0.4, -0.2) is 63.7 Å². The highest BCUT2D eigenvalue weighted by Crippen LogP contribution is 2.40. The minimum absolute atomic E-state index is 0.142. The summed E-state index contributed by atoms with van der Waals surface area (Å²) >= 11 is 1.40. The van der Waals surface area contributed by atoms with Crippen LogP contribution >= 0.6 is 11.3 Å². The number of benzene rings is 2. The minimum Gasteiger partial charge on any atom is -0.495 e. The number of aryl methyl sites for hydroxylation is 1. The summed E-state index contributed by atoms with van der Waals surface area (Å²) < 4.78 is 10.5. The zero-order valence-electron chi connectivity index (χ0n) is 19.7. The topological polar surface area (TPSA) is 71.1 Å².